The number of likely N-dealkylation sites (N-methyl/N-ethyl adjacent to an activating group) is 1. The highest BCUT2D eigenvalue weighted by atomic mass is 32.5. The van der Waals surface area contributed by atoms with Crippen LogP contribution in [0.4, 0.5) is 19.4 Å². The summed E-state index contributed by atoms with van der Waals surface area (Å²) in [5.74, 6) is -0.107. The average Bonchev–Trinajstić information content (AvgIpc) is 2.92. The van der Waals surface area contributed by atoms with Crippen molar-refractivity contribution >= 4 is 16.1 Å². The van der Waals surface area contributed by atoms with Crippen LogP contribution in [0.2, 0.25) is 0 Å². The summed E-state index contributed by atoms with van der Waals surface area (Å²) in [5.41, 5.74) is 0.740. The third-order valence-electron chi connectivity index (χ3n) is 3.16. The van der Waals surface area contributed by atoms with E-state index in [0.717, 1.165) is 18.2 Å². The van der Waals surface area contributed by atoms with Gasteiger partial charge >= 0.3 is 10.2 Å². The molecule has 4 nitrogen and oxygen atoms in total. The molecule has 24 heavy (non-hydrogen) atoms. The normalized spacial score (nSPS) is 14.6. The minimum atomic E-state index is -9.68. The molecule has 0 atom stereocenters. The van der Waals surface area contributed by atoms with E-state index in [4.69, 9.17) is 0 Å². The Morgan fingerprint density at radius 3 is 2.33 bits per heavy atom. The summed E-state index contributed by atoms with van der Waals surface area (Å²) in [7, 11) is -8.15. The SMILES string of the molecule is C=CC(=O)N(C)Cc1cnc(-c2ccc(S(F)(F)(F)(F)F)cc2)[nH]1. The van der Waals surface area contributed by atoms with Crippen LogP contribution in [0, 0.1) is 0 Å². The van der Waals surface area contributed by atoms with Gasteiger partial charge in [-0.1, -0.05) is 26.0 Å². The van der Waals surface area contributed by atoms with Crippen LogP contribution in [0.5, 0.6) is 0 Å². The summed E-state index contributed by atoms with van der Waals surface area (Å²) in [6.07, 6.45) is 2.54. The molecule has 1 aromatic heterocycles. The molecule has 1 heterocycles. The molecule has 132 valence electrons. The summed E-state index contributed by atoms with van der Waals surface area (Å²) in [6, 6.07) is 2.47. The number of halogens is 5. The molecule has 0 spiro atoms. The molecule has 0 aliphatic carbocycles. The Morgan fingerprint density at radius 2 is 1.83 bits per heavy atom. The number of rotatable bonds is 5. The quantitative estimate of drug-likeness (QED) is 0.605. The van der Waals surface area contributed by atoms with E-state index in [1.807, 2.05) is 0 Å². The Morgan fingerprint density at radius 1 is 1.25 bits per heavy atom. The van der Waals surface area contributed by atoms with Crippen molar-refractivity contribution in [1.82, 2.24) is 14.9 Å². The number of nitrogens with one attached hydrogen (secondary N) is 1. The van der Waals surface area contributed by atoms with Crippen LogP contribution in [0.3, 0.4) is 0 Å². The fourth-order valence-electron chi connectivity index (χ4n) is 1.95. The second-order valence-corrected chi connectivity index (χ2v) is 7.56. The van der Waals surface area contributed by atoms with Crippen molar-refractivity contribution in [3.8, 4) is 11.4 Å². The largest absolute Gasteiger partial charge is 0.340 e. The lowest BCUT2D eigenvalue weighted by atomic mass is 10.2. The Labute approximate surface area is 134 Å². The predicted molar refractivity (Wildman–Crippen MR) is 82.1 cm³/mol. The zero-order valence-corrected chi connectivity index (χ0v) is 13.3. The summed E-state index contributed by atoms with van der Waals surface area (Å²) >= 11 is 0. The van der Waals surface area contributed by atoms with Crippen molar-refractivity contribution in [3.05, 3.63) is 48.8 Å². The number of imidazole rings is 1. The average molecular weight is 367 g/mol. The van der Waals surface area contributed by atoms with Gasteiger partial charge in [0.2, 0.25) is 5.91 Å². The molecule has 0 fully saturated rings. The maximum Gasteiger partial charge on any atom is 0.310 e. The zero-order valence-electron chi connectivity index (χ0n) is 12.5. The second-order valence-electron chi connectivity index (χ2n) is 5.15. The minimum Gasteiger partial charge on any atom is -0.340 e. The molecular weight excluding hydrogens is 353 g/mol. The van der Waals surface area contributed by atoms with Gasteiger partial charge in [0.15, 0.2) is 0 Å². The van der Waals surface area contributed by atoms with E-state index >= 15 is 0 Å². The van der Waals surface area contributed by atoms with Crippen molar-refractivity contribution in [2.24, 2.45) is 0 Å². The maximum atomic E-state index is 12.7. The fourth-order valence-corrected chi connectivity index (χ4v) is 2.60. The smallest absolute Gasteiger partial charge is 0.310 e. The molecule has 2 aromatic rings. The van der Waals surface area contributed by atoms with Crippen LogP contribution >= 0.6 is 10.2 Å². The van der Waals surface area contributed by atoms with Crippen molar-refractivity contribution < 1.29 is 24.2 Å². The molecule has 0 unspecified atom stereocenters. The zero-order chi connectivity index (χ0) is 18.2. The predicted octanol–water partition coefficient (Wildman–Crippen LogP) is 4.88. The number of carbonyl (C=O) groups excluding carboxylic acids is 1. The van der Waals surface area contributed by atoms with E-state index in [1.165, 1.54) is 18.1 Å². The summed E-state index contributed by atoms with van der Waals surface area (Å²) < 4.78 is 63.3. The summed E-state index contributed by atoms with van der Waals surface area (Å²) in [5, 5.41) is 0. The van der Waals surface area contributed by atoms with Gasteiger partial charge in [0.05, 0.1) is 18.4 Å². The van der Waals surface area contributed by atoms with Crippen LogP contribution in [0.25, 0.3) is 11.4 Å². The molecule has 0 aliphatic rings. The van der Waals surface area contributed by atoms with Crippen LogP contribution in [0.15, 0.2) is 48.0 Å². The van der Waals surface area contributed by atoms with Gasteiger partial charge in [0.25, 0.3) is 0 Å². The molecule has 0 saturated heterocycles. The van der Waals surface area contributed by atoms with Crippen LogP contribution < -0.4 is 0 Å². The molecule has 0 radical (unpaired) electrons. The monoisotopic (exact) mass is 367 g/mol. The van der Waals surface area contributed by atoms with E-state index in [2.05, 4.69) is 16.5 Å². The lowest BCUT2D eigenvalue weighted by Crippen LogP contribution is -2.24. The van der Waals surface area contributed by atoms with Gasteiger partial charge in [-0.05, 0) is 30.3 Å². The molecule has 10 heteroatoms. The van der Waals surface area contributed by atoms with Crippen LogP contribution in [-0.2, 0) is 11.3 Å². The fraction of sp³-hybridized carbons (Fsp3) is 0.143. The van der Waals surface area contributed by atoms with Crippen molar-refractivity contribution in [2.45, 2.75) is 11.4 Å². The Balaban J connectivity index is 2.23. The van der Waals surface area contributed by atoms with Crippen molar-refractivity contribution in [1.29, 1.82) is 0 Å². The van der Waals surface area contributed by atoms with E-state index in [1.54, 1.807) is 0 Å². The van der Waals surface area contributed by atoms with E-state index in [0.29, 0.717) is 17.8 Å². The second kappa shape index (κ2) is 5.07. The highest BCUT2D eigenvalue weighted by Gasteiger charge is 2.65. The standard InChI is InChI=1S/C14H14F5N3OS/c1-3-13(23)22(2)9-11-8-20-14(21-11)10-4-6-12(7-5-10)24(15,16,17,18)19/h3-8H,1,9H2,2H3,(H,20,21). The number of carbonyl (C=O) groups is 1. The summed E-state index contributed by atoms with van der Waals surface area (Å²) in [6.45, 7) is 3.53. The maximum absolute atomic E-state index is 12.7. The molecular formula is C14H14F5N3OS. The van der Waals surface area contributed by atoms with Gasteiger partial charge in [-0.3, -0.25) is 4.79 Å². The van der Waals surface area contributed by atoms with Gasteiger partial charge in [0.1, 0.15) is 10.7 Å². The van der Waals surface area contributed by atoms with Gasteiger partial charge in [-0.25, -0.2) is 4.98 Å². The lowest BCUT2D eigenvalue weighted by molar-refractivity contribution is -0.125. The van der Waals surface area contributed by atoms with E-state index in [-0.39, 0.29) is 23.8 Å². The van der Waals surface area contributed by atoms with E-state index < -0.39 is 15.1 Å². The molecule has 0 bridgehead atoms. The molecule has 0 aliphatic heterocycles. The molecule has 1 amide bonds. The van der Waals surface area contributed by atoms with Gasteiger partial charge in [-0.15, -0.1) is 0 Å². The van der Waals surface area contributed by atoms with Crippen molar-refractivity contribution in [3.63, 3.8) is 0 Å². The molecule has 1 aromatic carbocycles. The Hall–Kier alpha value is -2.36. The van der Waals surface area contributed by atoms with Gasteiger partial charge in [0, 0.05) is 12.6 Å². The van der Waals surface area contributed by atoms with Crippen LogP contribution in [-0.4, -0.2) is 27.8 Å². The number of amides is 1. The van der Waals surface area contributed by atoms with Crippen LogP contribution in [0.1, 0.15) is 5.69 Å². The number of aromatic amines is 1. The topological polar surface area (TPSA) is 49.0 Å². The first-order valence-corrected chi connectivity index (χ1v) is 8.51. The van der Waals surface area contributed by atoms with Gasteiger partial charge in [-0.2, -0.15) is 0 Å². The number of hydrogen-bond donors (Lipinski definition) is 1. The van der Waals surface area contributed by atoms with Crippen molar-refractivity contribution in [2.75, 3.05) is 7.05 Å². The lowest BCUT2D eigenvalue weighted by Gasteiger charge is -2.40. The highest BCUT2D eigenvalue weighted by molar-refractivity contribution is 8.45. The molecule has 2 rings (SSSR count). The Kier molecular flexibility index (Phi) is 3.80. The molecule has 1 N–H and O–H groups in total. The number of H-pyrrole nitrogens is 1. The number of benzene rings is 1. The number of nitrogens with zero attached hydrogens (tertiary/aromatic N) is 2. The first-order valence-electron chi connectivity index (χ1n) is 6.56. The minimum absolute atomic E-state index is 0.182. The summed E-state index contributed by atoms with van der Waals surface area (Å²) in [4.78, 5) is 17.6. The first-order chi connectivity index (χ1) is 10.8. The first kappa shape index (κ1) is 18.0. The third kappa shape index (κ3) is 4.13. The third-order valence-corrected chi connectivity index (χ3v) is 4.32. The van der Waals surface area contributed by atoms with E-state index in [9.17, 15) is 24.2 Å². The number of hydrogen-bond acceptors (Lipinski definition) is 2. The molecule has 0 saturated carbocycles. The highest BCUT2D eigenvalue weighted by Crippen LogP contribution is 3.02. The van der Waals surface area contributed by atoms with Gasteiger partial charge < -0.3 is 9.88 Å². The number of aromatic nitrogens is 2. The Bertz CT molecular complexity index is 783.